The van der Waals surface area contributed by atoms with Crippen LogP contribution < -0.4 is 15.4 Å². The van der Waals surface area contributed by atoms with Crippen molar-refractivity contribution in [3.63, 3.8) is 0 Å². The van der Waals surface area contributed by atoms with Crippen LogP contribution in [0, 0.1) is 5.92 Å². The van der Waals surface area contributed by atoms with Crippen molar-refractivity contribution in [2.75, 3.05) is 23.8 Å². The van der Waals surface area contributed by atoms with E-state index in [1.165, 1.54) is 0 Å². The average Bonchev–Trinajstić information content (AvgIpc) is 3.70. The fourth-order valence-corrected chi connectivity index (χ4v) is 7.92. The number of hydrogen-bond acceptors (Lipinski definition) is 5. The van der Waals surface area contributed by atoms with Crippen LogP contribution in [0.25, 0.3) is 0 Å². The van der Waals surface area contributed by atoms with Crippen molar-refractivity contribution in [1.82, 2.24) is 4.90 Å². The first-order chi connectivity index (χ1) is 19.5. The number of amides is 2. The number of carbonyl (C=O) groups is 3. The third-order valence-corrected chi connectivity index (χ3v) is 9.34. The summed E-state index contributed by atoms with van der Waals surface area (Å²) in [5.74, 6) is -0.922. The molecule has 0 unspecified atom stereocenters. The minimum Gasteiger partial charge on any atom is -0.490 e. The highest BCUT2D eigenvalue weighted by atomic mass is 16.5. The van der Waals surface area contributed by atoms with Crippen molar-refractivity contribution >= 4 is 29.0 Å². The molecule has 0 radical (unpaired) electrons. The number of benzene rings is 3. The molecular formula is C33H31N3O4. The largest absolute Gasteiger partial charge is 0.490 e. The maximum absolute atomic E-state index is 14.8. The molecule has 40 heavy (non-hydrogen) atoms. The number of rotatable bonds is 6. The van der Waals surface area contributed by atoms with Gasteiger partial charge in [0.1, 0.15) is 23.3 Å². The molecule has 2 spiro atoms. The van der Waals surface area contributed by atoms with Gasteiger partial charge in [-0.25, -0.2) is 0 Å². The third kappa shape index (κ3) is 2.96. The van der Waals surface area contributed by atoms with E-state index in [9.17, 15) is 14.4 Å². The summed E-state index contributed by atoms with van der Waals surface area (Å²) in [5, 5.41) is 6.22. The van der Waals surface area contributed by atoms with Crippen molar-refractivity contribution in [3.05, 3.63) is 102 Å². The Kier molecular flexibility index (Phi) is 5.51. The van der Waals surface area contributed by atoms with Crippen LogP contribution in [0.4, 0.5) is 11.4 Å². The Morgan fingerprint density at radius 1 is 1.02 bits per heavy atom. The fraction of sp³-hybridized carbons (Fsp3) is 0.303. The van der Waals surface area contributed by atoms with Crippen molar-refractivity contribution in [2.24, 2.45) is 5.92 Å². The van der Waals surface area contributed by atoms with E-state index in [4.69, 9.17) is 4.74 Å². The molecule has 0 aliphatic carbocycles. The van der Waals surface area contributed by atoms with Crippen molar-refractivity contribution in [1.29, 1.82) is 0 Å². The van der Waals surface area contributed by atoms with Crippen molar-refractivity contribution in [3.8, 4) is 5.75 Å². The summed E-state index contributed by atoms with van der Waals surface area (Å²) in [6.45, 7) is 6.72. The molecule has 3 aromatic carbocycles. The maximum atomic E-state index is 14.8. The zero-order valence-corrected chi connectivity index (χ0v) is 22.4. The molecule has 3 aromatic rings. The van der Waals surface area contributed by atoms with Crippen LogP contribution >= 0.6 is 0 Å². The van der Waals surface area contributed by atoms with E-state index in [1.54, 1.807) is 30.3 Å². The lowest BCUT2D eigenvalue weighted by atomic mass is 9.57. The SMILES string of the molecule is C=CCOc1cccc(C(=O)[C@@H]2[C@@H]3CCCN3[C@]3(C(=O)Nc4ccc(CC)cc43)[C@@]23C(=O)Nc2ccccc23)c1. The van der Waals surface area contributed by atoms with E-state index in [1.807, 2.05) is 36.4 Å². The number of anilines is 2. The second-order valence-corrected chi connectivity index (χ2v) is 11.1. The highest BCUT2D eigenvalue weighted by molar-refractivity contribution is 6.21. The van der Waals surface area contributed by atoms with E-state index >= 15 is 0 Å². The van der Waals surface area contributed by atoms with Crippen LogP contribution in [-0.4, -0.2) is 41.7 Å². The molecule has 4 aliphatic heterocycles. The van der Waals surface area contributed by atoms with E-state index in [2.05, 4.69) is 35.1 Å². The summed E-state index contributed by atoms with van der Waals surface area (Å²) in [7, 11) is 0. The molecular weight excluding hydrogens is 502 g/mol. The molecule has 2 saturated heterocycles. The van der Waals surface area contributed by atoms with Gasteiger partial charge in [0.25, 0.3) is 5.91 Å². The zero-order chi connectivity index (χ0) is 27.6. The lowest BCUT2D eigenvalue weighted by molar-refractivity contribution is -0.137. The molecule has 4 aliphatic rings. The number of Topliss-reactive ketones (excluding diaryl/α,β-unsaturated/α-hetero) is 1. The van der Waals surface area contributed by atoms with Crippen LogP contribution in [0.2, 0.25) is 0 Å². The number of fused-ring (bicyclic) bond motifs is 7. The van der Waals surface area contributed by atoms with E-state index in [0.29, 0.717) is 41.4 Å². The van der Waals surface area contributed by atoms with Gasteiger partial charge in [-0.3, -0.25) is 19.3 Å². The normalized spacial score (nSPS) is 27.8. The minimum absolute atomic E-state index is 0.155. The van der Waals surface area contributed by atoms with Crippen LogP contribution in [0.5, 0.6) is 5.75 Å². The number of carbonyl (C=O) groups excluding carboxylic acids is 3. The number of hydrogen-bond donors (Lipinski definition) is 2. The number of aryl methyl sites for hydroxylation is 1. The van der Waals surface area contributed by atoms with Crippen LogP contribution in [-0.2, 0) is 27.0 Å². The van der Waals surface area contributed by atoms with Crippen LogP contribution in [0.1, 0.15) is 46.8 Å². The smallest absolute Gasteiger partial charge is 0.251 e. The Balaban J connectivity index is 1.52. The van der Waals surface area contributed by atoms with E-state index < -0.39 is 16.9 Å². The molecule has 202 valence electrons. The molecule has 7 rings (SSSR count). The maximum Gasteiger partial charge on any atom is 0.251 e. The first kappa shape index (κ1) is 24.8. The van der Waals surface area contributed by atoms with Gasteiger partial charge in [0.2, 0.25) is 5.91 Å². The second-order valence-electron chi connectivity index (χ2n) is 11.1. The molecule has 7 heteroatoms. The molecule has 0 saturated carbocycles. The molecule has 2 fully saturated rings. The number of ether oxygens (including phenoxy) is 1. The lowest BCUT2D eigenvalue weighted by Crippen LogP contribution is -2.62. The molecule has 2 amide bonds. The molecule has 2 N–H and O–H groups in total. The third-order valence-electron chi connectivity index (χ3n) is 9.34. The highest BCUT2D eigenvalue weighted by Gasteiger charge is 2.81. The Hall–Kier alpha value is -4.23. The van der Waals surface area contributed by atoms with Crippen molar-refractivity contribution in [2.45, 2.75) is 43.2 Å². The number of nitrogens with one attached hydrogen (secondary N) is 2. The topological polar surface area (TPSA) is 87.7 Å². The number of nitrogens with zero attached hydrogens (tertiary/aromatic N) is 1. The van der Waals surface area contributed by atoms with E-state index in [-0.39, 0.29) is 23.6 Å². The summed E-state index contributed by atoms with van der Waals surface area (Å²) in [5.41, 5.74) is 1.58. The minimum atomic E-state index is -1.45. The van der Waals surface area contributed by atoms with Gasteiger partial charge in [0, 0.05) is 28.5 Å². The van der Waals surface area contributed by atoms with Gasteiger partial charge in [0.05, 0.1) is 5.92 Å². The van der Waals surface area contributed by atoms with Gasteiger partial charge in [0.15, 0.2) is 5.78 Å². The van der Waals surface area contributed by atoms with Gasteiger partial charge in [-0.2, -0.15) is 0 Å². The molecule has 7 nitrogen and oxygen atoms in total. The summed E-state index contributed by atoms with van der Waals surface area (Å²) in [4.78, 5) is 46.1. The first-order valence-corrected chi connectivity index (χ1v) is 14.0. The number of ketones is 1. The summed E-state index contributed by atoms with van der Waals surface area (Å²) in [6.07, 6.45) is 4.00. The zero-order valence-electron chi connectivity index (χ0n) is 22.4. The Morgan fingerprint density at radius 2 is 1.82 bits per heavy atom. The molecule has 0 aromatic heterocycles. The van der Waals surface area contributed by atoms with Crippen LogP contribution in [0.3, 0.4) is 0 Å². The van der Waals surface area contributed by atoms with Gasteiger partial charge in [-0.1, -0.05) is 62.0 Å². The summed E-state index contributed by atoms with van der Waals surface area (Å²) >= 11 is 0. The molecule has 4 atom stereocenters. The Labute approximate surface area is 233 Å². The summed E-state index contributed by atoms with van der Waals surface area (Å²) in [6, 6.07) is 20.4. The predicted octanol–water partition coefficient (Wildman–Crippen LogP) is 4.83. The Bertz CT molecular complexity index is 1600. The van der Waals surface area contributed by atoms with Crippen LogP contribution in [0.15, 0.2) is 79.4 Å². The fourth-order valence-electron chi connectivity index (χ4n) is 7.92. The van der Waals surface area contributed by atoms with Gasteiger partial charge < -0.3 is 15.4 Å². The standard InChI is InChI=1S/C33H31N3O4/c1-3-17-40-22-10-7-9-21(19-22)29(37)28-27-13-8-16-36(27)33(24-18-20(4-2)14-15-26(24)35-31(33)39)32(28)23-11-5-6-12-25(23)34-30(32)38/h3,5-7,9-12,14-15,18-19,27-28H,1,4,8,13,16-17H2,2H3,(H,34,38)(H,35,39)/t27-,28-,32+,33+/m0/s1. The average molecular weight is 534 g/mol. The summed E-state index contributed by atoms with van der Waals surface area (Å²) < 4.78 is 5.75. The monoisotopic (exact) mass is 533 g/mol. The second kappa shape index (κ2) is 8.89. The van der Waals surface area contributed by atoms with Gasteiger partial charge >= 0.3 is 0 Å². The highest BCUT2D eigenvalue weighted by Crippen LogP contribution is 2.67. The van der Waals surface area contributed by atoms with E-state index in [0.717, 1.165) is 30.4 Å². The molecule has 4 heterocycles. The predicted molar refractivity (Wildman–Crippen MR) is 153 cm³/mol. The Morgan fingerprint density at radius 3 is 2.65 bits per heavy atom. The van der Waals surface area contributed by atoms with Gasteiger partial charge in [-0.15, -0.1) is 0 Å². The van der Waals surface area contributed by atoms with Crippen molar-refractivity contribution < 1.29 is 19.1 Å². The molecule has 0 bridgehead atoms. The first-order valence-electron chi connectivity index (χ1n) is 14.0. The quantitative estimate of drug-likeness (QED) is 0.350. The van der Waals surface area contributed by atoms with Gasteiger partial charge in [-0.05, 0) is 61.2 Å². The number of para-hydroxylation sites is 1. The lowest BCUT2D eigenvalue weighted by Gasteiger charge is -2.43.